The van der Waals surface area contributed by atoms with Gasteiger partial charge in [-0.1, -0.05) is 38.8 Å². The van der Waals surface area contributed by atoms with E-state index >= 15 is 0 Å². The molecular formula is C28H40N4. The molecule has 0 radical (unpaired) electrons. The fourth-order valence-corrected chi connectivity index (χ4v) is 6.08. The summed E-state index contributed by atoms with van der Waals surface area (Å²) >= 11 is 0. The molecule has 0 unspecified atom stereocenters. The summed E-state index contributed by atoms with van der Waals surface area (Å²) in [6, 6.07) is 8.87. The van der Waals surface area contributed by atoms with Gasteiger partial charge in [0.1, 0.15) is 5.84 Å². The number of aliphatic imine (C=N–C) groups is 3. The number of hydrogen-bond donors (Lipinski definition) is 1. The molecule has 3 aliphatic rings. The van der Waals surface area contributed by atoms with Gasteiger partial charge in [-0.3, -0.25) is 9.98 Å². The fraction of sp³-hybridized carbons (Fsp3) is 0.607. The Morgan fingerprint density at radius 1 is 1.16 bits per heavy atom. The molecule has 2 bridgehead atoms. The zero-order valence-electron chi connectivity index (χ0n) is 20.1. The number of nitrogens with one attached hydrogen (secondary N) is 1. The Balaban J connectivity index is 1.39. The van der Waals surface area contributed by atoms with Crippen molar-refractivity contribution in [3.05, 3.63) is 36.0 Å². The Bertz CT molecular complexity index is 900. The van der Waals surface area contributed by atoms with E-state index in [1.54, 1.807) is 0 Å². The summed E-state index contributed by atoms with van der Waals surface area (Å²) in [5.74, 6) is 1.09. The van der Waals surface area contributed by atoms with Crippen LogP contribution in [0.5, 0.6) is 0 Å². The summed E-state index contributed by atoms with van der Waals surface area (Å²) in [6.07, 6.45) is 15.3. The van der Waals surface area contributed by atoms with Gasteiger partial charge in [-0.05, 0) is 86.8 Å². The number of unbranched alkanes of at least 4 members (excludes halogenated alkanes) is 2. The first-order valence-corrected chi connectivity index (χ1v) is 12.7. The number of rotatable bonds is 12. The highest BCUT2D eigenvalue weighted by Gasteiger charge is 2.56. The summed E-state index contributed by atoms with van der Waals surface area (Å²) < 4.78 is 0. The zero-order valence-corrected chi connectivity index (χ0v) is 20.1. The second-order valence-electron chi connectivity index (χ2n) is 10.2. The van der Waals surface area contributed by atoms with Gasteiger partial charge in [-0.25, -0.2) is 4.99 Å². The van der Waals surface area contributed by atoms with Gasteiger partial charge in [0.05, 0.1) is 6.54 Å². The third kappa shape index (κ3) is 4.89. The standard InChI is InChI=1S/C28H40N4/c1-4-6-7-10-23(18-29-3)22-11-8-12-24(17-22)31-21-27-13-15-28(20-27,16-14-27)25-19-30-26(32-25)9-5-2/h8,11-12,17-18,31H,3-7,9-10,13-16,19-21H2,1-2H3/b23-18+. The van der Waals surface area contributed by atoms with E-state index in [4.69, 9.17) is 9.98 Å². The number of benzene rings is 1. The molecule has 2 saturated carbocycles. The van der Waals surface area contributed by atoms with Crippen LogP contribution in [-0.4, -0.2) is 31.4 Å². The minimum absolute atomic E-state index is 0.327. The Kier molecular flexibility index (Phi) is 7.27. The highest BCUT2D eigenvalue weighted by atomic mass is 15.0. The maximum Gasteiger partial charge on any atom is 0.123 e. The molecule has 0 atom stereocenters. The van der Waals surface area contributed by atoms with Gasteiger partial charge in [0.15, 0.2) is 0 Å². The van der Waals surface area contributed by atoms with E-state index in [1.807, 2.05) is 6.20 Å². The largest absolute Gasteiger partial charge is 0.384 e. The number of allylic oxidation sites excluding steroid dienone is 1. The molecule has 1 aliphatic heterocycles. The van der Waals surface area contributed by atoms with Crippen LogP contribution in [0.3, 0.4) is 0 Å². The van der Waals surface area contributed by atoms with Crippen LogP contribution in [0.1, 0.15) is 90.0 Å². The average Bonchev–Trinajstić information content (AvgIpc) is 3.53. The van der Waals surface area contributed by atoms with Crippen molar-refractivity contribution in [2.45, 2.75) is 84.5 Å². The van der Waals surface area contributed by atoms with Crippen LogP contribution >= 0.6 is 0 Å². The van der Waals surface area contributed by atoms with Gasteiger partial charge in [0, 0.05) is 36.0 Å². The Morgan fingerprint density at radius 3 is 2.75 bits per heavy atom. The molecule has 1 aromatic carbocycles. The van der Waals surface area contributed by atoms with E-state index in [-0.39, 0.29) is 0 Å². The molecule has 1 N–H and O–H groups in total. The molecule has 32 heavy (non-hydrogen) atoms. The predicted molar refractivity (Wildman–Crippen MR) is 139 cm³/mol. The third-order valence-corrected chi connectivity index (χ3v) is 7.94. The van der Waals surface area contributed by atoms with E-state index in [9.17, 15) is 0 Å². The normalized spacial score (nSPS) is 26.9. The van der Waals surface area contributed by atoms with Crippen molar-refractivity contribution in [3.63, 3.8) is 0 Å². The molecule has 0 saturated heterocycles. The van der Waals surface area contributed by atoms with Gasteiger partial charge in [-0.2, -0.15) is 0 Å². The average molecular weight is 433 g/mol. The lowest BCUT2D eigenvalue weighted by Gasteiger charge is -2.28. The first-order chi connectivity index (χ1) is 15.6. The molecule has 172 valence electrons. The molecule has 2 fully saturated rings. The molecule has 0 amide bonds. The molecular weight excluding hydrogens is 392 g/mol. The van der Waals surface area contributed by atoms with Crippen molar-refractivity contribution in [2.75, 3.05) is 18.4 Å². The van der Waals surface area contributed by atoms with E-state index in [2.05, 4.69) is 55.1 Å². The monoisotopic (exact) mass is 432 g/mol. The van der Waals surface area contributed by atoms with Crippen LogP contribution in [-0.2, 0) is 0 Å². The van der Waals surface area contributed by atoms with Crippen molar-refractivity contribution < 1.29 is 0 Å². The van der Waals surface area contributed by atoms with Gasteiger partial charge >= 0.3 is 0 Å². The molecule has 2 aliphatic carbocycles. The quantitative estimate of drug-likeness (QED) is 0.273. The zero-order chi connectivity index (χ0) is 22.4. The van der Waals surface area contributed by atoms with Crippen molar-refractivity contribution in [2.24, 2.45) is 25.8 Å². The van der Waals surface area contributed by atoms with Gasteiger partial charge in [0.25, 0.3) is 0 Å². The van der Waals surface area contributed by atoms with Crippen LogP contribution in [0.4, 0.5) is 5.69 Å². The van der Waals surface area contributed by atoms with E-state index in [0.717, 1.165) is 38.2 Å². The highest BCUT2D eigenvalue weighted by Crippen LogP contribution is 2.62. The number of amidine groups is 1. The Morgan fingerprint density at radius 2 is 2.00 bits per heavy atom. The summed E-state index contributed by atoms with van der Waals surface area (Å²) in [5, 5.41) is 3.80. The summed E-state index contributed by atoms with van der Waals surface area (Å²) in [4.78, 5) is 13.8. The summed E-state index contributed by atoms with van der Waals surface area (Å²) in [5.41, 5.74) is 5.91. The fourth-order valence-electron chi connectivity index (χ4n) is 6.08. The van der Waals surface area contributed by atoms with Gasteiger partial charge in [-0.15, -0.1) is 0 Å². The molecule has 4 nitrogen and oxygen atoms in total. The minimum Gasteiger partial charge on any atom is -0.384 e. The smallest absolute Gasteiger partial charge is 0.123 e. The van der Waals surface area contributed by atoms with Crippen molar-refractivity contribution in [1.82, 2.24) is 0 Å². The lowest BCUT2D eigenvalue weighted by molar-refractivity contribution is 0.312. The lowest BCUT2D eigenvalue weighted by atomic mass is 9.79. The first-order valence-electron chi connectivity index (χ1n) is 12.7. The highest BCUT2D eigenvalue weighted by molar-refractivity contribution is 6.07. The van der Waals surface area contributed by atoms with E-state index < -0.39 is 0 Å². The molecule has 0 spiro atoms. The second kappa shape index (κ2) is 10.1. The SMILES string of the molecule is C=N/C=C(\CCCCC)c1cccc(NCC23CCC(C4=NC(CCC)=NC4)(CC2)C3)c1. The molecule has 0 aromatic heterocycles. The van der Waals surface area contributed by atoms with Crippen LogP contribution in [0.15, 0.2) is 45.4 Å². The van der Waals surface area contributed by atoms with Crippen molar-refractivity contribution >= 4 is 29.5 Å². The molecule has 4 rings (SSSR count). The van der Waals surface area contributed by atoms with E-state index in [1.165, 1.54) is 73.9 Å². The predicted octanol–water partition coefficient (Wildman–Crippen LogP) is 7.32. The first kappa shape index (κ1) is 22.9. The topological polar surface area (TPSA) is 49.1 Å². The molecule has 4 heteroatoms. The minimum atomic E-state index is 0.327. The maximum atomic E-state index is 4.98. The van der Waals surface area contributed by atoms with Gasteiger partial charge < -0.3 is 5.32 Å². The van der Waals surface area contributed by atoms with Crippen LogP contribution < -0.4 is 5.32 Å². The maximum absolute atomic E-state index is 4.98. The number of fused-ring (bicyclic) bond motifs is 2. The third-order valence-electron chi connectivity index (χ3n) is 7.94. The van der Waals surface area contributed by atoms with Crippen LogP contribution in [0.2, 0.25) is 0 Å². The molecule has 1 aromatic rings. The van der Waals surface area contributed by atoms with Gasteiger partial charge in [0.2, 0.25) is 0 Å². The molecule has 1 heterocycles. The number of anilines is 1. The van der Waals surface area contributed by atoms with Crippen LogP contribution in [0.25, 0.3) is 5.57 Å². The second-order valence-corrected chi connectivity index (χ2v) is 10.2. The Labute approximate surface area is 194 Å². The van der Waals surface area contributed by atoms with Crippen molar-refractivity contribution in [3.8, 4) is 0 Å². The number of hydrogen-bond acceptors (Lipinski definition) is 4. The lowest BCUT2D eigenvalue weighted by Crippen LogP contribution is -2.27. The number of nitrogens with zero attached hydrogens (tertiary/aromatic N) is 3. The van der Waals surface area contributed by atoms with Crippen LogP contribution in [0, 0.1) is 10.8 Å². The summed E-state index contributed by atoms with van der Waals surface area (Å²) in [7, 11) is 0. The summed E-state index contributed by atoms with van der Waals surface area (Å²) in [6.45, 7) is 10.1. The van der Waals surface area contributed by atoms with E-state index in [0.29, 0.717) is 10.8 Å². The van der Waals surface area contributed by atoms with Crippen molar-refractivity contribution in [1.29, 1.82) is 0 Å². The Hall–Kier alpha value is -2.23.